The second-order valence-electron chi connectivity index (χ2n) is 3.18. The van der Waals surface area contributed by atoms with Crippen LogP contribution in [0, 0.1) is 6.92 Å². The van der Waals surface area contributed by atoms with Crippen LogP contribution >= 0.6 is 22.0 Å². The third kappa shape index (κ3) is 1.86. The van der Waals surface area contributed by atoms with Gasteiger partial charge >= 0.3 is 9.24 Å². The summed E-state index contributed by atoms with van der Waals surface area (Å²) in [5.74, 6) is -0.483. The molecule has 0 spiro atoms. The minimum atomic E-state index is -3.98. The van der Waals surface area contributed by atoms with Crippen LogP contribution in [0.25, 0.3) is 0 Å². The molecule has 1 unspecified atom stereocenters. The van der Waals surface area contributed by atoms with Gasteiger partial charge in [-0.15, -0.1) is 11.3 Å². The molecule has 1 fully saturated rings. The van der Waals surface area contributed by atoms with E-state index in [1.807, 2.05) is 0 Å². The van der Waals surface area contributed by atoms with Crippen LogP contribution in [0.5, 0.6) is 0 Å². The van der Waals surface area contributed by atoms with Crippen LogP contribution in [0.4, 0.5) is 0 Å². The quantitative estimate of drug-likeness (QED) is 0.596. The number of thiazole rings is 1. The maximum atomic E-state index is 11.1. The van der Waals surface area contributed by atoms with Crippen LogP contribution in [0.2, 0.25) is 0 Å². The van der Waals surface area contributed by atoms with Crippen LogP contribution in [-0.2, 0) is 14.0 Å². The number of aryl methyl sites for hydroxylation is 1. The minimum Gasteiger partial charge on any atom is -0.274 e. The fourth-order valence-electron chi connectivity index (χ4n) is 1.39. The van der Waals surface area contributed by atoms with Gasteiger partial charge in [-0.1, -0.05) is 0 Å². The number of hydrogen-bond acceptors (Lipinski definition) is 5. The summed E-state index contributed by atoms with van der Waals surface area (Å²) in [4.78, 5) is 15.2. The van der Waals surface area contributed by atoms with Gasteiger partial charge in [0.1, 0.15) is 11.0 Å². The summed E-state index contributed by atoms with van der Waals surface area (Å²) in [6, 6.07) is -0.515. The Morgan fingerprint density at radius 1 is 1.67 bits per heavy atom. The van der Waals surface area contributed by atoms with E-state index in [4.69, 9.17) is 10.7 Å². The number of hydrogen-bond donors (Lipinski definition) is 0. The average molecular weight is 267 g/mol. The molecular formula is C7H7ClN2O3S2. The first-order valence-corrected chi connectivity index (χ1v) is 7.23. The number of rotatable bonds is 2. The molecule has 0 saturated carbocycles. The molecule has 1 amide bonds. The third-order valence-corrected chi connectivity index (χ3v) is 4.49. The Balaban J connectivity index is 2.30. The smallest absolute Gasteiger partial charge is 0.274 e. The van der Waals surface area contributed by atoms with Gasteiger partial charge in [0, 0.05) is 21.8 Å². The van der Waals surface area contributed by atoms with E-state index >= 15 is 0 Å². The second-order valence-corrected chi connectivity index (χ2v) is 6.46. The fraction of sp³-hybridized carbons (Fsp3) is 0.429. The molecule has 2 heterocycles. The summed E-state index contributed by atoms with van der Waals surface area (Å²) in [5, 5.41) is 2.41. The Labute approximate surface area is 95.2 Å². The monoisotopic (exact) mass is 266 g/mol. The van der Waals surface area contributed by atoms with Gasteiger partial charge in [-0.2, -0.15) is 8.42 Å². The largest absolute Gasteiger partial charge is 0.324 e. The average Bonchev–Trinajstić information content (AvgIpc) is 2.43. The van der Waals surface area contributed by atoms with E-state index in [0.717, 1.165) is 5.69 Å². The number of nitrogens with zero attached hydrogens (tertiary/aromatic N) is 2. The second kappa shape index (κ2) is 3.43. The van der Waals surface area contributed by atoms with Crippen molar-refractivity contribution >= 4 is 37.2 Å². The van der Waals surface area contributed by atoms with Crippen molar-refractivity contribution in [1.82, 2.24) is 9.29 Å². The number of β-lactam (4-membered cyclic amide) rings is 1. The lowest BCUT2D eigenvalue weighted by Crippen LogP contribution is -2.47. The van der Waals surface area contributed by atoms with Crippen LogP contribution in [0.3, 0.4) is 0 Å². The van der Waals surface area contributed by atoms with E-state index in [0.29, 0.717) is 9.31 Å². The SMILES string of the molecule is Cc1csc(C2CC(=O)N2S(=O)(=O)Cl)n1. The molecule has 2 rings (SSSR count). The molecule has 0 N–H and O–H groups in total. The standard InChI is InChI=1S/C7H7ClN2O3S2/c1-4-3-14-7(9-4)5-2-6(11)10(5)15(8,12)13/h3,5H,2H2,1H3. The maximum Gasteiger partial charge on any atom is 0.324 e. The number of carbonyl (C=O) groups is 1. The molecule has 8 heteroatoms. The van der Waals surface area contributed by atoms with E-state index in [-0.39, 0.29) is 6.42 Å². The summed E-state index contributed by atoms with van der Waals surface area (Å²) in [7, 11) is 1.15. The molecule has 1 aromatic rings. The first-order valence-electron chi connectivity index (χ1n) is 4.08. The predicted molar refractivity (Wildman–Crippen MR) is 55.8 cm³/mol. The molecule has 0 aromatic carbocycles. The van der Waals surface area contributed by atoms with E-state index in [1.165, 1.54) is 11.3 Å². The molecule has 0 radical (unpaired) electrons. The molecule has 15 heavy (non-hydrogen) atoms. The van der Waals surface area contributed by atoms with Gasteiger partial charge in [0.05, 0.1) is 6.42 Å². The van der Waals surface area contributed by atoms with Gasteiger partial charge in [-0.25, -0.2) is 9.29 Å². The van der Waals surface area contributed by atoms with Crippen molar-refractivity contribution in [3.63, 3.8) is 0 Å². The van der Waals surface area contributed by atoms with Crippen molar-refractivity contribution in [1.29, 1.82) is 0 Å². The molecule has 0 aliphatic carbocycles. The van der Waals surface area contributed by atoms with Crippen molar-refractivity contribution in [2.75, 3.05) is 0 Å². The van der Waals surface area contributed by atoms with Gasteiger partial charge in [0.25, 0.3) is 0 Å². The van der Waals surface area contributed by atoms with Crippen molar-refractivity contribution in [3.8, 4) is 0 Å². The summed E-state index contributed by atoms with van der Waals surface area (Å²) in [5.41, 5.74) is 0.807. The molecule has 1 aromatic heterocycles. The number of aromatic nitrogens is 1. The summed E-state index contributed by atoms with van der Waals surface area (Å²) >= 11 is 1.33. The highest BCUT2D eigenvalue weighted by molar-refractivity contribution is 8.12. The Morgan fingerprint density at radius 2 is 2.33 bits per heavy atom. The van der Waals surface area contributed by atoms with Crippen molar-refractivity contribution in [2.24, 2.45) is 0 Å². The molecule has 82 valence electrons. The Hall–Kier alpha value is -0.660. The van der Waals surface area contributed by atoms with Crippen LogP contribution < -0.4 is 0 Å². The Bertz CT molecular complexity index is 510. The van der Waals surface area contributed by atoms with Gasteiger partial charge < -0.3 is 0 Å². The van der Waals surface area contributed by atoms with Crippen LogP contribution in [0.15, 0.2) is 5.38 Å². The first kappa shape index (κ1) is 10.8. The predicted octanol–water partition coefficient (Wildman–Crippen LogP) is 1.21. The number of halogens is 1. The molecule has 0 bridgehead atoms. The van der Waals surface area contributed by atoms with Gasteiger partial charge in [-0.3, -0.25) is 4.79 Å². The van der Waals surface area contributed by atoms with Gasteiger partial charge in [0.15, 0.2) is 0 Å². The molecular weight excluding hydrogens is 260 g/mol. The number of carbonyl (C=O) groups excluding carboxylic acids is 1. The highest BCUT2D eigenvalue weighted by Gasteiger charge is 2.46. The Kier molecular flexibility index (Phi) is 2.48. The lowest BCUT2D eigenvalue weighted by atomic mass is 10.1. The zero-order chi connectivity index (χ0) is 11.2. The molecule has 1 aliphatic rings. The van der Waals surface area contributed by atoms with E-state index in [9.17, 15) is 13.2 Å². The lowest BCUT2D eigenvalue weighted by Gasteiger charge is -2.35. The third-order valence-electron chi connectivity index (χ3n) is 2.05. The van der Waals surface area contributed by atoms with E-state index < -0.39 is 21.2 Å². The highest BCUT2D eigenvalue weighted by Crippen LogP contribution is 2.39. The molecule has 1 aliphatic heterocycles. The normalized spacial score (nSPS) is 21.6. The van der Waals surface area contributed by atoms with E-state index in [2.05, 4.69) is 4.98 Å². The topological polar surface area (TPSA) is 67.3 Å². The molecule has 5 nitrogen and oxygen atoms in total. The number of amides is 1. The summed E-state index contributed by atoms with van der Waals surface area (Å²) in [6.45, 7) is 1.81. The van der Waals surface area contributed by atoms with Gasteiger partial charge in [0.2, 0.25) is 5.91 Å². The first-order chi connectivity index (χ1) is 6.89. The maximum absolute atomic E-state index is 11.1. The summed E-state index contributed by atoms with van der Waals surface area (Å²) in [6.07, 6.45) is 0.152. The van der Waals surface area contributed by atoms with Crippen LogP contribution in [0.1, 0.15) is 23.2 Å². The van der Waals surface area contributed by atoms with Crippen molar-refractivity contribution in [3.05, 3.63) is 16.1 Å². The van der Waals surface area contributed by atoms with Crippen molar-refractivity contribution < 1.29 is 13.2 Å². The minimum absolute atomic E-state index is 0.152. The Morgan fingerprint density at radius 3 is 2.73 bits per heavy atom. The highest BCUT2D eigenvalue weighted by atomic mass is 35.7. The summed E-state index contributed by atoms with van der Waals surface area (Å²) < 4.78 is 22.8. The van der Waals surface area contributed by atoms with Crippen molar-refractivity contribution in [2.45, 2.75) is 19.4 Å². The van der Waals surface area contributed by atoms with Gasteiger partial charge in [-0.05, 0) is 6.92 Å². The molecule has 1 saturated heterocycles. The zero-order valence-corrected chi connectivity index (χ0v) is 10.1. The fourth-order valence-corrected chi connectivity index (χ4v) is 3.65. The van der Waals surface area contributed by atoms with E-state index in [1.54, 1.807) is 12.3 Å². The lowest BCUT2D eigenvalue weighted by molar-refractivity contribution is -0.137. The molecule has 1 atom stereocenters. The zero-order valence-electron chi connectivity index (χ0n) is 7.68. The van der Waals surface area contributed by atoms with Crippen LogP contribution in [-0.4, -0.2) is 23.6 Å².